The van der Waals surface area contributed by atoms with E-state index in [-0.39, 0.29) is 17.9 Å². The number of benzene rings is 2. The van der Waals surface area contributed by atoms with E-state index in [9.17, 15) is 20.0 Å². The number of aromatic hydroxyl groups is 1. The number of hydrazone groups is 1. The lowest BCUT2D eigenvalue weighted by Gasteiger charge is -2.06. The first kappa shape index (κ1) is 17.9. The predicted molar refractivity (Wildman–Crippen MR) is 100.0 cm³/mol. The number of aromatic nitrogens is 1. The first-order valence-electron chi connectivity index (χ1n) is 8.05. The SMILES string of the molecule is O=C(Cc1ccccc1[N+](=O)[O-])N/N=C/c1cccn1-c1ccc(O)cc1. The largest absolute Gasteiger partial charge is 0.508 e. The van der Waals surface area contributed by atoms with Crippen molar-refractivity contribution in [2.24, 2.45) is 5.10 Å². The van der Waals surface area contributed by atoms with Crippen molar-refractivity contribution >= 4 is 17.8 Å². The molecule has 8 nitrogen and oxygen atoms in total. The second-order valence-corrected chi connectivity index (χ2v) is 5.68. The number of rotatable bonds is 6. The summed E-state index contributed by atoms with van der Waals surface area (Å²) in [6.07, 6.45) is 3.15. The van der Waals surface area contributed by atoms with Crippen molar-refractivity contribution < 1.29 is 14.8 Å². The third-order valence-electron chi connectivity index (χ3n) is 3.83. The molecule has 0 saturated carbocycles. The zero-order valence-corrected chi connectivity index (χ0v) is 14.1. The molecule has 1 heterocycles. The number of nitrogens with one attached hydrogen (secondary N) is 1. The van der Waals surface area contributed by atoms with E-state index in [0.29, 0.717) is 11.3 Å². The third kappa shape index (κ3) is 4.37. The van der Waals surface area contributed by atoms with Gasteiger partial charge in [0.2, 0.25) is 5.91 Å². The van der Waals surface area contributed by atoms with Crippen molar-refractivity contribution in [2.75, 3.05) is 0 Å². The Hall–Kier alpha value is -3.94. The molecule has 0 aliphatic heterocycles. The number of nitro benzene ring substituents is 1. The first-order chi connectivity index (χ1) is 13.0. The highest BCUT2D eigenvalue weighted by Crippen LogP contribution is 2.18. The van der Waals surface area contributed by atoms with Crippen LogP contribution in [-0.4, -0.2) is 26.7 Å². The molecule has 0 bridgehead atoms. The van der Waals surface area contributed by atoms with Crippen LogP contribution in [0.25, 0.3) is 5.69 Å². The average Bonchev–Trinajstić information content (AvgIpc) is 3.11. The molecular formula is C19H16N4O4. The Morgan fingerprint density at radius 3 is 2.63 bits per heavy atom. The van der Waals surface area contributed by atoms with Crippen LogP contribution in [0.5, 0.6) is 5.75 Å². The molecule has 3 rings (SSSR count). The number of carbonyl (C=O) groups excluding carboxylic acids is 1. The zero-order valence-electron chi connectivity index (χ0n) is 14.1. The molecule has 0 fully saturated rings. The highest BCUT2D eigenvalue weighted by atomic mass is 16.6. The molecule has 2 N–H and O–H groups in total. The summed E-state index contributed by atoms with van der Waals surface area (Å²) in [6, 6.07) is 16.4. The Kier molecular flexibility index (Phi) is 5.27. The van der Waals surface area contributed by atoms with Gasteiger partial charge in [0.25, 0.3) is 5.69 Å². The Balaban J connectivity index is 1.67. The normalized spacial score (nSPS) is 10.8. The molecule has 0 spiro atoms. The number of hydrogen-bond donors (Lipinski definition) is 2. The molecule has 8 heteroatoms. The van der Waals surface area contributed by atoms with Crippen LogP contribution in [0.1, 0.15) is 11.3 Å². The zero-order chi connectivity index (χ0) is 19.2. The lowest BCUT2D eigenvalue weighted by Crippen LogP contribution is -2.20. The number of carbonyl (C=O) groups is 1. The molecule has 136 valence electrons. The summed E-state index contributed by atoms with van der Waals surface area (Å²) in [6.45, 7) is 0. The lowest BCUT2D eigenvalue weighted by atomic mass is 10.1. The molecule has 1 aromatic heterocycles. The van der Waals surface area contributed by atoms with Gasteiger partial charge in [0.05, 0.1) is 23.3 Å². The quantitative estimate of drug-likeness (QED) is 0.398. The molecule has 0 saturated heterocycles. The van der Waals surface area contributed by atoms with Gasteiger partial charge in [0, 0.05) is 23.5 Å². The summed E-state index contributed by atoms with van der Waals surface area (Å²) >= 11 is 0. The van der Waals surface area contributed by atoms with Gasteiger partial charge in [-0.25, -0.2) is 5.43 Å². The number of hydrogen-bond acceptors (Lipinski definition) is 5. The fourth-order valence-electron chi connectivity index (χ4n) is 2.57. The van der Waals surface area contributed by atoms with E-state index in [1.165, 1.54) is 18.3 Å². The van der Waals surface area contributed by atoms with E-state index in [1.54, 1.807) is 36.4 Å². The van der Waals surface area contributed by atoms with E-state index in [4.69, 9.17) is 0 Å². The maximum Gasteiger partial charge on any atom is 0.273 e. The highest BCUT2D eigenvalue weighted by molar-refractivity contribution is 5.83. The third-order valence-corrected chi connectivity index (χ3v) is 3.83. The van der Waals surface area contributed by atoms with Crippen molar-refractivity contribution in [3.05, 3.63) is 88.2 Å². The fourth-order valence-corrected chi connectivity index (χ4v) is 2.57. The van der Waals surface area contributed by atoms with Crippen molar-refractivity contribution in [3.63, 3.8) is 0 Å². The van der Waals surface area contributed by atoms with Gasteiger partial charge in [-0.2, -0.15) is 5.10 Å². The van der Waals surface area contributed by atoms with E-state index in [0.717, 1.165) is 5.69 Å². The topological polar surface area (TPSA) is 110 Å². The summed E-state index contributed by atoms with van der Waals surface area (Å²) in [5.41, 5.74) is 4.14. The van der Waals surface area contributed by atoms with Crippen LogP contribution in [0.15, 0.2) is 72.0 Å². The highest BCUT2D eigenvalue weighted by Gasteiger charge is 2.15. The van der Waals surface area contributed by atoms with Gasteiger partial charge < -0.3 is 9.67 Å². The fraction of sp³-hybridized carbons (Fsp3) is 0.0526. The summed E-state index contributed by atoms with van der Waals surface area (Å²) < 4.78 is 1.83. The minimum Gasteiger partial charge on any atom is -0.508 e. The van der Waals surface area contributed by atoms with Gasteiger partial charge in [-0.3, -0.25) is 14.9 Å². The van der Waals surface area contributed by atoms with Crippen molar-refractivity contribution in [1.82, 2.24) is 9.99 Å². The molecule has 1 amide bonds. The van der Waals surface area contributed by atoms with Crippen molar-refractivity contribution in [3.8, 4) is 11.4 Å². The number of amides is 1. The van der Waals surface area contributed by atoms with Crippen LogP contribution in [0, 0.1) is 10.1 Å². The van der Waals surface area contributed by atoms with Gasteiger partial charge in [-0.15, -0.1) is 0 Å². The van der Waals surface area contributed by atoms with Gasteiger partial charge in [0.1, 0.15) is 5.75 Å². The second kappa shape index (κ2) is 7.96. The Morgan fingerprint density at radius 1 is 1.15 bits per heavy atom. The van der Waals surface area contributed by atoms with Crippen LogP contribution in [0.4, 0.5) is 5.69 Å². The average molecular weight is 364 g/mol. The van der Waals surface area contributed by atoms with E-state index >= 15 is 0 Å². The summed E-state index contributed by atoms with van der Waals surface area (Å²) in [4.78, 5) is 22.5. The van der Waals surface area contributed by atoms with E-state index in [2.05, 4.69) is 10.5 Å². The molecule has 0 atom stereocenters. The first-order valence-corrected chi connectivity index (χ1v) is 8.05. The van der Waals surface area contributed by atoms with Crippen molar-refractivity contribution in [2.45, 2.75) is 6.42 Å². The molecule has 3 aromatic rings. The van der Waals surface area contributed by atoms with Crippen LogP contribution < -0.4 is 5.43 Å². The van der Waals surface area contributed by atoms with Gasteiger partial charge in [-0.05, 0) is 36.4 Å². The smallest absolute Gasteiger partial charge is 0.273 e. The monoisotopic (exact) mass is 364 g/mol. The molecule has 27 heavy (non-hydrogen) atoms. The molecule has 0 aliphatic rings. The maximum atomic E-state index is 12.0. The predicted octanol–water partition coefficient (Wildman–Crippen LogP) is 2.78. The van der Waals surface area contributed by atoms with Crippen molar-refractivity contribution in [1.29, 1.82) is 0 Å². The number of nitro groups is 1. The summed E-state index contributed by atoms with van der Waals surface area (Å²) in [5, 5.41) is 24.3. The summed E-state index contributed by atoms with van der Waals surface area (Å²) in [5.74, 6) is -0.285. The van der Waals surface area contributed by atoms with Crippen LogP contribution >= 0.6 is 0 Å². The van der Waals surface area contributed by atoms with E-state index in [1.807, 2.05) is 22.9 Å². The Bertz CT molecular complexity index is 993. The lowest BCUT2D eigenvalue weighted by molar-refractivity contribution is -0.385. The molecule has 0 aliphatic carbocycles. The van der Waals surface area contributed by atoms with Gasteiger partial charge in [-0.1, -0.05) is 18.2 Å². The maximum absolute atomic E-state index is 12.0. The molecule has 0 unspecified atom stereocenters. The number of para-hydroxylation sites is 1. The summed E-state index contributed by atoms with van der Waals surface area (Å²) in [7, 11) is 0. The minimum atomic E-state index is -0.517. The molecule has 0 radical (unpaired) electrons. The van der Waals surface area contributed by atoms with Gasteiger partial charge in [0.15, 0.2) is 0 Å². The van der Waals surface area contributed by atoms with E-state index < -0.39 is 10.8 Å². The number of phenols is 1. The molecule has 2 aromatic carbocycles. The second-order valence-electron chi connectivity index (χ2n) is 5.68. The Labute approximate surface area is 154 Å². The standard InChI is InChI=1S/C19H16N4O4/c24-17-9-7-15(8-10-17)22-11-3-5-16(22)13-20-21-19(25)12-14-4-1-2-6-18(14)23(26)27/h1-11,13,24H,12H2,(H,21,25)/b20-13+. The van der Waals surface area contributed by atoms with Crippen LogP contribution in [0.3, 0.4) is 0 Å². The Morgan fingerprint density at radius 2 is 1.89 bits per heavy atom. The van der Waals surface area contributed by atoms with Crippen LogP contribution in [-0.2, 0) is 11.2 Å². The molecular weight excluding hydrogens is 348 g/mol. The minimum absolute atomic E-state index is 0.0992. The number of nitrogens with zero attached hydrogens (tertiary/aromatic N) is 3. The number of phenolic OH excluding ortho intramolecular Hbond substituents is 1. The van der Waals surface area contributed by atoms with Crippen LogP contribution in [0.2, 0.25) is 0 Å². The van der Waals surface area contributed by atoms with Gasteiger partial charge >= 0.3 is 0 Å².